The molecular weight excluding hydrogens is 1060 g/mol. The second kappa shape index (κ2) is 15.1. The monoisotopic (exact) mass is 1100 g/mol. The van der Waals surface area contributed by atoms with Gasteiger partial charge in [0.25, 0.3) is 5.91 Å². The molecule has 2 aromatic rings. The Morgan fingerprint density at radius 2 is 1.59 bits per heavy atom. The molecule has 6 rings (SSSR count). The second-order valence-corrected chi connectivity index (χ2v) is 14.7. The fourth-order valence-corrected chi connectivity index (χ4v) is 9.31. The summed E-state index contributed by atoms with van der Waals surface area (Å²) in [4.78, 5) is 41.2. The summed E-state index contributed by atoms with van der Waals surface area (Å²) in [5.41, 5.74) is -3.81. The van der Waals surface area contributed by atoms with E-state index in [1.807, 2.05) is 6.92 Å². The molecule has 10 nitrogen and oxygen atoms in total. The molecule has 1 amide bonds. The summed E-state index contributed by atoms with van der Waals surface area (Å²) in [5.74, 6) is -3.42. The molecule has 12 heteroatoms. The van der Waals surface area contributed by atoms with Gasteiger partial charge in [-0.3, -0.25) is 9.59 Å². The zero-order valence-corrected chi connectivity index (χ0v) is 38.1. The fourth-order valence-electron chi connectivity index (χ4n) is 9.31. The standard InChI is InChI=1S/C37H45NO9.2Ac/c1-20-24(47-33(43)29(40)27(22-12-8-6-9-13-22)38-32(42)23-14-10-7-11-15-23)18-37(45)21(2)30-35(5,17-16-25-36(30,44)19-46-25)31(41)28(39)26(20)34(37,3)4;;/h6-15,21,24-25,27-30,39-40,44-45H,16-19H2,1-5H3,(H,38,42);;/t21-,24?,25?,27?,28?,29?,30?,35+,36?,37?;;/m0../s1. The number of carbonyl (C=O) groups is 3. The van der Waals surface area contributed by atoms with Gasteiger partial charge in [0, 0.05) is 117 Å². The van der Waals surface area contributed by atoms with E-state index in [4.69, 9.17) is 9.47 Å². The number of hydrogen-bond acceptors (Lipinski definition) is 9. The topological polar surface area (TPSA) is 163 Å². The third-order valence-corrected chi connectivity index (χ3v) is 12.0. The van der Waals surface area contributed by atoms with Crippen LogP contribution in [0.5, 0.6) is 0 Å². The van der Waals surface area contributed by atoms with Gasteiger partial charge in [0.1, 0.15) is 17.8 Å². The summed E-state index contributed by atoms with van der Waals surface area (Å²) in [7, 11) is 0. The summed E-state index contributed by atoms with van der Waals surface area (Å²) >= 11 is 0. The number of fused-ring (bicyclic) bond motifs is 5. The van der Waals surface area contributed by atoms with Crippen LogP contribution < -0.4 is 5.32 Å². The number of amides is 1. The van der Waals surface area contributed by atoms with Crippen molar-refractivity contribution in [3.05, 3.63) is 82.9 Å². The Morgan fingerprint density at radius 1 is 1.00 bits per heavy atom. The number of esters is 1. The molecule has 49 heavy (non-hydrogen) atoms. The first-order valence-electron chi connectivity index (χ1n) is 16.4. The van der Waals surface area contributed by atoms with E-state index < -0.39 is 82.0 Å². The molecule has 10 atom stereocenters. The molecular formula is C37H45Ac2NO9. The maximum atomic E-state index is 14.3. The van der Waals surface area contributed by atoms with Crippen LogP contribution >= 0.6 is 0 Å². The van der Waals surface area contributed by atoms with Gasteiger partial charge < -0.3 is 35.2 Å². The van der Waals surface area contributed by atoms with Crippen molar-refractivity contribution in [2.24, 2.45) is 22.7 Å². The Hall–Kier alpha value is -0.527. The van der Waals surface area contributed by atoms with Crippen molar-refractivity contribution >= 4 is 17.7 Å². The van der Waals surface area contributed by atoms with E-state index in [1.165, 1.54) is 0 Å². The first kappa shape index (κ1) is 41.2. The van der Waals surface area contributed by atoms with Crippen LogP contribution in [0.2, 0.25) is 0 Å². The van der Waals surface area contributed by atoms with Gasteiger partial charge in [0.15, 0.2) is 11.9 Å². The van der Waals surface area contributed by atoms with Crippen molar-refractivity contribution in [1.82, 2.24) is 5.32 Å². The summed E-state index contributed by atoms with van der Waals surface area (Å²) in [6.07, 6.45) is -4.32. The molecule has 8 unspecified atom stereocenters. The largest absolute Gasteiger partial charge is 0.456 e. The number of ketones is 1. The summed E-state index contributed by atoms with van der Waals surface area (Å²) < 4.78 is 11.7. The SMILES string of the molecule is CC1=C2C(O)C(=O)[C@]3(C)CCC4OCC4(O)C3[C@H](C)C(O)(CC1OC(=O)C(O)C(NC(=O)c1ccccc1)c1ccccc1)C2(C)C.[Ac].[Ac]. The number of aliphatic hydroxyl groups is 4. The van der Waals surface area contributed by atoms with Gasteiger partial charge in [0.05, 0.1) is 24.4 Å². The van der Waals surface area contributed by atoms with Crippen LogP contribution in [0.3, 0.4) is 0 Å². The number of nitrogens with one attached hydrogen (secondary N) is 1. The van der Waals surface area contributed by atoms with Crippen LogP contribution in [-0.4, -0.2) is 80.3 Å². The van der Waals surface area contributed by atoms with Gasteiger partial charge >= 0.3 is 5.97 Å². The van der Waals surface area contributed by atoms with E-state index in [1.54, 1.807) is 88.4 Å². The van der Waals surface area contributed by atoms with Crippen LogP contribution in [0.15, 0.2) is 71.8 Å². The van der Waals surface area contributed by atoms with Crippen LogP contribution in [0.1, 0.15) is 75.8 Å². The number of aliphatic hydroxyl groups excluding tert-OH is 2. The second-order valence-electron chi connectivity index (χ2n) is 14.7. The van der Waals surface area contributed by atoms with Crippen LogP contribution in [0.25, 0.3) is 0 Å². The quantitative estimate of drug-likeness (QED) is 0.217. The number of rotatable bonds is 6. The van der Waals surface area contributed by atoms with Crippen LogP contribution in [0.4, 0.5) is 0 Å². The predicted molar refractivity (Wildman–Crippen MR) is 171 cm³/mol. The molecule has 0 aromatic heterocycles. The number of benzene rings is 2. The Kier molecular flexibility index (Phi) is 12.7. The Bertz CT molecular complexity index is 1600. The summed E-state index contributed by atoms with van der Waals surface area (Å²) in [5, 5.41) is 50.6. The number of hydrogen-bond donors (Lipinski definition) is 5. The van der Waals surface area contributed by atoms with E-state index in [0.717, 1.165) is 0 Å². The normalized spacial score (nSPS) is 35.7. The van der Waals surface area contributed by atoms with E-state index in [-0.39, 0.29) is 107 Å². The van der Waals surface area contributed by atoms with Gasteiger partial charge in [0.2, 0.25) is 0 Å². The van der Waals surface area contributed by atoms with E-state index >= 15 is 0 Å². The molecule has 2 saturated carbocycles. The van der Waals surface area contributed by atoms with Crippen molar-refractivity contribution in [3.8, 4) is 0 Å². The van der Waals surface area contributed by atoms with Crippen molar-refractivity contribution in [2.45, 2.75) is 95.5 Å². The molecule has 2 aromatic carbocycles. The molecule has 1 saturated heterocycles. The first-order chi connectivity index (χ1) is 22.1. The number of ether oxygens (including phenoxy) is 2. The third-order valence-electron chi connectivity index (χ3n) is 12.0. The van der Waals surface area contributed by atoms with Crippen molar-refractivity contribution in [1.29, 1.82) is 0 Å². The molecule has 3 fully saturated rings. The molecule has 4 aliphatic rings. The third kappa shape index (κ3) is 6.65. The van der Waals surface area contributed by atoms with E-state index in [0.29, 0.717) is 29.5 Å². The summed E-state index contributed by atoms with van der Waals surface area (Å²) in [6, 6.07) is 15.8. The Labute approximate surface area is 358 Å². The van der Waals surface area contributed by atoms with Crippen molar-refractivity contribution in [2.75, 3.05) is 6.61 Å². The van der Waals surface area contributed by atoms with Crippen molar-refractivity contribution < 1.29 is 132 Å². The van der Waals surface area contributed by atoms with Gasteiger partial charge in [-0.05, 0) is 54.5 Å². The Morgan fingerprint density at radius 3 is 2.16 bits per heavy atom. The number of Topliss-reactive ketones (excluding diaryl/α,β-unsaturated/α-hetero) is 1. The number of carbonyl (C=O) groups excluding carboxylic acids is 3. The Balaban J connectivity index is 0.00000270. The summed E-state index contributed by atoms with van der Waals surface area (Å²) in [6.45, 7) is 8.79. The minimum atomic E-state index is -1.84. The van der Waals surface area contributed by atoms with Crippen LogP contribution in [0, 0.1) is 111 Å². The van der Waals surface area contributed by atoms with Crippen molar-refractivity contribution in [3.63, 3.8) is 0 Å². The van der Waals surface area contributed by atoms with Gasteiger partial charge in [-0.25, -0.2) is 4.79 Å². The molecule has 2 bridgehead atoms. The molecule has 0 spiro atoms. The fraction of sp³-hybridized carbons (Fsp3) is 0.541. The van der Waals surface area contributed by atoms with Gasteiger partial charge in [-0.1, -0.05) is 76.2 Å². The maximum Gasteiger partial charge on any atom is 0.338 e. The molecule has 1 heterocycles. The molecule has 258 valence electrons. The molecule has 2 radical (unpaired) electrons. The minimum absolute atomic E-state index is 0. The molecule has 1 aliphatic heterocycles. The smallest absolute Gasteiger partial charge is 0.338 e. The van der Waals surface area contributed by atoms with Gasteiger partial charge in [-0.15, -0.1) is 0 Å². The average Bonchev–Trinajstić information content (AvgIpc) is 3.04. The van der Waals surface area contributed by atoms with Crippen LogP contribution in [-0.2, 0) is 19.1 Å². The maximum absolute atomic E-state index is 14.3. The zero-order chi connectivity index (χ0) is 34.1. The predicted octanol–water partition coefficient (Wildman–Crippen LogP) is 3.03. The zero-order valence-electron chi connectivity index (χ0n) is 28.6. The van der Waals surface area contributed by atoms with E-state index in [9.17, 15) is 34.8 Å². The average molecular weight is 1100 g/mol. The first-order valence-corrected chi connectivity index (χ1v) is 16.4. The molecule has 5 N–H and O–H groups in total. The van der Waals surface area contributed by atoms with Gasteiger partial charge in [-0.2, -0.15) is 0 Å². The van der Waals surface area contributed by atoms with E-state index in [2.05, 4.69) is 5.32 Å². The minimum Gasteiger partial charge on any atom is -0.456 e. The molecule has 3 aliphatic carbocycles.